The Balaban J connectivity index is 2.51. The molecule has 2 rings (SSSR count). The van der Waals surface area contributed by atoms with E-state index in [-0.39, 0.29) is 0 Å². The maximum atomic E-state index is 12.5. The molecule has 0 unspecified atom stereocenters. The Kier molecular flexibility index (Phi) is 2.97. The van der Waals surface area contributed by atoms with E-state index in [1.807, 2.05) is 0 Å². The third kappa shape index (κ3) is 2.71. The molecule has 6 heteroatoms. The zero-order valence-corrected chi connectivity index (χ0v) is 9.27. The molecular formula is C11H7F3N2S. The molecule has 2 aromatic rings. The van der Waals surface area contributed by atoms with Gasteiger partial charge in [-0.1, -0.05) is 24.4 Å². The minimum Gasteiger partial charge on any atom is -0.331 e. The Morgan fingerprint density at radius 1 is 1.18 bits per heavy atom. The highest BCUT2D eigenvalue weighted by Gasteiger charge is 2.30. The Morgan fingerprint density at radius 2 is 1.94 bits per heavy atom. The molecule has 88 valence electrons. The van der Waals surface area contributed by atoms with Gasteiger partial charge in [0.1, 0.15) is 10.5 Å². The number of hydrogen-bond donors (Lipinski definition) is 1. The smallest absolute Gasteiger partial charge is 0.331 e. The van der Waals surface area contributed by atoms with Gasteiger partial charge in [0.2, 0.25) is 0 Å². The van der Waals surface area contributed by atoms with E-state index in [2.05, 4.69) is 9.97 Å². The monoisotopic (exact) mass is 256 g/mol. The first kappa shape index (κ1) is 11.8. The summed E-state index contributed by atoms with van der Waals surface area (Å²) in [6.07, 6.45) is -2.91. The highest BCUT2D eigenvalue weighted by molar-refractivity contribution is 7.71. The van der Waals surface area contributed by atoms with Crippen molar-refractivity contribution >= 4 is 12.2 Å². The van der Waals surface area contributed by atoms with E-state index in [0.29, 0.717) is 16.0 Å². The molecule has 0 bridgehead atoms. The fourth-order valence-corrected chi connectivity index (χ4v) is 1.52. The molecule has 0 fully saturated rings. The average molecular weight is 256 g/mol. The molecule has 0 aliphatic carbocycles. The maximum absolute atomic E-state index is 12.5. The van der Waals surface area contributed by atoms with Crippen molar-refractivity contribution < 1.29 is 13.2 Å². The quantitative estimate of drug-likeness (QED) is 0.786. The van der Waals surface area contributed by atoms with Crippen molar-refractivity contribution in [2.45, 2.75) is 6.18 Å². The number of benzene rings is 1. The summed E-state index contributed by atoms with van der Waals surface area (Å²) < 4.78 is 38.0. The highest BCUT2D eigenvalue weighted by Crippen LogP contribution is 2.31. The van der Waals surface area contributed by atoms with E-state index in [0.717, 1.165) is 12.1 Å². The number of hydrogen-bond acceptors (Lipinski definition) is 2. The second-order valence-electron chi connectivity index (χ2n) is 3.36. The molecule has 1 N–H and O–H groups in total. The SMILES string of the molecule is FC(F)(F)c1cccc(-c2nccc(=S)[nH]2)c1. The predicted molar refractivity (Wildman–Crippen MR) is 59.9 cm³/mol. The molecular weight excluding hydrogens is 249 g/mol. The maximum Gasteiger partial charge on any atom is 0.416 e. The Labute approximate surface area is 100 Å². The van der Waals surface area contributed by atoms with Gasteiger partial charge in [-0.05, 0) is 18.2 Å². The second kappa shape index (κ2) is 4.29. The lowest BCUT2D eigenvalue weighted by Gasteiger charge is -2.08. The summed E-state index contributed by atoms with van der Waals surface area (Å²) in [5.41, 5.74) is -0.355. The van der Waals surface area contributed by atoms with E-state index >= 15 is 0 Å². The molecule has 0 aliphatic rings. The lowest BCUT2D eigenvalue weighted by atomic mass is 10.1. The number of aromatic amines is 1. The van der Waals surface area contributed by atoms with Crippen molar-refractivity contribution in [1.82, 2.24) is 9.97 Å². The second-order valence-corrected chi connectivity index (χ2v) is 3.80. The van der Waals surface area contributed by atoms with E-state index in [1.54, 1.807) is 12.1 Å². The van der Waals surface area contributed by atoms with Crippen LogP contribution in [0.2, 0.25) is 0 Å². The van der Waals surface area contributed by atoms with Gasteiger partial charge < -0.3 is 4.98 Å². The third-order valence-corrected chi connectivity index (χ3v) is 2.37. The molecule has 0 aliphatic heterocycles. The molecule has 0 atom stereocenters. The number of nitrogens with one attached hydrogen (secondary N) is 1. The zero-order valence-electron chi connectivity index (χ0n) is 8.45. The Hall–Kier alpha value is -1.69. The Bertz CT molecular complexity index is 590. The zero-order chi connectivity index (χ0) is 12.5. The first-order chi connectivity index (χ1) is 7.97. The van der Waals surface area contributed by atoms with Gasteiger partial charge in [-0.15, -0.1) is 0 Å². The van der Waals surface area contributed by atoms with E-state index in [9.17, 15) is 13.2 Å². The van der Waals surface area contributed by atoms with E-state index in [4.69, 9.17) is 12.2 Å². The third-order valence-electron chi connectivity index (χ3n) is 2.13. The van der Waals surface area contributed by atoms with Crippen LogP contribution in [0, 0.1) is 4.64 Å². The molecule has 0 saturated carbocycles. The topological polar surface area (TPSA) is 28.7 Å². The standard InChI is InChI=1S/C11H7F3N2S/c12-11(13,14)8-3-1-2-7(6-8)10-15-5-4-9(17)16-10/h1-6H,(H,15,16,17). The van der Waals surface area contributed by atoms with Gasteiger partial charge in [0.15, 0.2) is 0 Å². The minimum atomic E-state index is -4.36. The average Bonchev–Trinajstić information content (AvgIpc) is 2.28. The summed E-state index contributed by atoms with van der Waals surface area (Å²) in [4.78, 5) is 6.68. The summed E-state index contributed by atoms with van der Waals surface area (Å²) >= 11 is 4.89. The van der Waals surface area contributed by atoms with Crippen molar-refractivity contribution in [2.24, 2.45) is 0 Å². The van der Waals surface area contributed by atoms with Gasteiger partial charge in [0, 0.05) is 11.8 Å². The van der Waals surface area contributed by atoms with Crippen molar-refractivity contribution in [3.05, 3.63) is 46.7 Å². The van der Waals surface area contributed by atoms with Crippen LogP contribution < -0.4 is 0 Å². The van der Waals surface area contributed by atoms with Crippen LogP contribution in [0.25, 0.3) is 11.4 Å². The first-order valence-corrected chi connectivity index (χ1v) is 5.10. The van der Waals surface area contributed by atoms with Crippen LogP contribution in [0.4, 0.5) is 13.2 Å². The highest BCUT2D eigenvalue weighted by atomic mass is 32.1. The first-order valence-electron chi connectivity index (χ1n) is 4.70. The molecule has 1 aromatic carbocycles. The molecule has 1 aromatic heterocycles. The van der Waals surface area contributed by atoms with Crippen LogP contribution in [-0.2, 0) is 6.18 Å². The summed E-state index contributed by atoms with van der Waals surface area (Å²) in [5.74, 6) is 0.323. The summed E-state index contributed by atoms with van der Waals surface area (Å²) in [6.45, 7) is 0. The van der Waals surface area contributed by atoms with Crippen molar-refractivity contribution in [2.75, 3.05) is 0 Å². The molecule has 0 saturated heterocycles. The fraction of sp³-hybridized carbons (Fsp3) is 0.0909. The van der Waals surface area contributed by atoms with Crippen LogP contribution in [0.3, 0.4) is 0 Å². The molecule has 0 radical (unpaired) electrons. The lowest BCUT2D eigenvalue weighted by Crippen LogP contribution is -2.04. The molecule has 0 amide bonds. The van der Waals surface area contributed by atoms with E-state index in [1.165, 1.54) is 12.3 Å². The number of alkyl halides is 3. The van der Waals surface area contributed by atoms with Crippen molar-refractivity contribution in [3.63, 3.8) is 0 Å². The van der Waals surface area contributed by atoms with Crippen molar-refractivity contribution in [3.8, 4) is 11.4 Å². The Morgan fingerprint density at radius 3 is 2.59 bits per heavy atom. The van der Waals surface area contributed by atoms with Crippen LogP contribution in [0.5, 0.6) is 0 Å². The van der Waals surface area contributed by atoms with Gasteiger partial charge in [0.05, 0.1) is 5.56 Å². The summed E-state index contributed by atoms with van der Waals surface area (Å²) in [6, 6.07) is 6.49. The number of halogens is 3. The van der Waals surface area contributed by atoms with Crippen LogP contribution in [-0.4, -0.2) is 9.97 Å². The predicted octanol–water partition coefficient (Wildman–Crippen LogP) is 3.82. The largest absolute Gasteiger partial charge is 0.416 e. The fourth-order valence-electron chi connectivity index (χ4n) is 1.36. The van der Waals surface area contributed by atoms with Crippen molar-refractivity contribution in [1.29, 1.82) is 0 Å². The number of H-pyrrole nitrogens is 1. The van der Waals surface area contributed by atoms with Crippen LogP contribution in [0.1, 0.15) is 5.56 Å². The van der Waals surface area contributed by atoms with Gasteiger partial charge in [-0.2, -0.15) is 13.2 Å². The van der Waals surface area contributed by atoms with E-state index < -0.39 is 11.7 Å². The molecule has 2 nitrogen and oxygen atoms in total. The normalized spacial score (nSPS) is 11.5. The number of aromatic nitrogens is 2. The molecule has 0 spiro atoms. The molecule has 17 heavy (non-hydrogen) atoms. The number of rotatable bonds is 1. The van der Waals surface area contributed by atoms with Gasteiger partial charge in [-0.3, -0.25) is 0 Å². The van der Waals surface area contributed by atoms with Gasteiger partial charge in [0.25, 0.3) is 0 Å². The summed E-state index contributed by atoms with van der Waals surface area (Å²) in [7, 11) is 0. The van der Waals surface area contributed by atoms with Gasteiger partial charge >= 0.3 is 6.18 Å². The minimum absolute atomic E-state index is 0.323. The number of nitrogens with zero attached hydrogens (tertiary/aromatic N) is 1. The van der Waals surface area contributed by atoms with Gasteiger partial charge in [-0.25, -0.2) is 4.98 Å². The molecule has 1 heterocycles. The summed E-state index contributed by atoms with van der Waals surface area (Å²) in [5, 5.41) is 0. The van der Waals surface area contributed by atoms with Crippen LogP contribution >= 0.6 is 12.2 Å². The van der Waals surface area contributed by atoms with Crippen LogP contribution in [0.15, 0.2) is 36.5 Å². The lowest BCUT2D eigenvalue weighted by molar-refractivity contribution is -0.137.